The van der Waals surface area contributed by atoms with Crippen LogP contribution in [-0.4, -0.2) is 0 Å². The molecule has 0 aromatic carbocycles. The van der Waals surface area contributed by atoms with Gasteiger partial charge in [0.05, 0.1) is 6.26 Å². The first-order chi connectivity index (χ1) is 4.88. The Hall–Kier alpha value is -0.760. The van der Waals surface area contributed by atoms with E-state index in [1.165, 1.54) is 12.0 Å². The first kappa shape index (κ1) is 5.98. The highest BCUT2D eigenvalue weighted by Gasteiger charge is 2.18. The summed E-state index contributed by atoms with van der Waals surface area (Å²) in [6.07, 6.45) is 5.07. The summed E-state index contributed by atoms with van der Waals surface area (Å²) in [5, 5.41) is 0. The maximum atomic E-state index is 5.83. The smallest absolute Gasteiger partial charge is 0.108 e. The molecule has 0 saturated carbocycles. The standard InChI is InChI=1S/C8H11NO/c9-7-2-1-3-8-6(7)4-5-10-8/h4-5,7H,1-3,9H2. The summed E-state index contributed by atoms with van der Waals surface area (Å²) in [7, 11) is 0. The Morgan fingerprint density at radius 2 is 2.50 bits per heavy atom. The lowest BCUT2D eigenvalue weighted by Gasteiger charge is -2.16. The van der Waals surface area contributed by atoms with Gasteiger partial charge in [-0.2, -0.15) is 0 Å². The first-order valence-electron chi connectivity index (χ1n) is 3.70. The molecule has 1 unspecified atom stereocenters. The molecule has 2 rings (SSSR count). The number of hydrogen-bond acceptors (Lipinski definition) is 2. The number of fused-ring (bicyclic) bond motifs is 1. The van der Waals surface area contributed by atoms with Crippen molar-refractivity contribution in [2.24, 2.45) is 5.73 Å². The van der Waals surface area contributed by atoms with Crippen molar-refractivity contribution in [3.8, 4) is 0 Å². The molecule has 0 fully saturated rings. The third kappa shape index (κ3) is 0.762. The average Bonchev–Trinajstić information content (AvgIpc) is 2.36. The van der Waals surface area contributed by atoms with Gasteiger partial charge >= 0.3 is 0 Å². The summed E-state index contributed by atoms with van der Waals surface area (Å²) in [5.74, 6) is 1.10. The summed E-state index contributed by atoms with van der Waals surface area (Å²) in [6, 6.07) is 2.21. The van der Waals surface area contributed by atoms with Crippen molar-refractivity contribution < 1.29 is 4.42 Å². The van der Waals surface area contributed by atoms with Gasteiger partial charge in [-0.25, -0.2) is 0 Å². The van der Waals surface area contributed by atoms with E-state index >= 15 is 0 Å². The highest BCUT2D eigenvalue weighted by Crippen LogP contribution is 2.27. The topological polar surface area (TPSA) is 39.2 Å². The maximum Gasteiger partial charge on any atom is 0.108 e. The average molecular weight is 137 g/mol. The van der Waals surface area contributed by atoms with E-state index in [4.69, 9.17) is 10.2 Å². The van der Waals surface area contributed by atoms with E-state index in [-0.39, 0.29) is 6.04 Å². The molecule has 0 spiro atoms. The lowest BCUT2D eigenvalue weighted by molar-refractivity contribution is 0.453. The predicted molar refractivity (Wildman–Crippen MR) is 38.6 cm³/mol. The number of rotatable bonds is 0. The van der Waals surface area contributed by atoms with E-state index in [1.54, 1.807) is 6.26 Å². The minimum atomic E-state index is 0.225. The minimum Gasteiger partial charge on any atom is -0.469 e. The van der Waals surface area contributed by atoms with Crippen LogP contribution in [0.1, 0.15) is 30.2 Å². The first-order valence-corrected chi connectivity index (χ1v) is 3.70. The molecular weight excluding hydrogens is 126 g/mol. The van der Waals surface area contributed by atoms with Gasteiger partial charge in [-0.1, -0.05) is 0 Å². The highest BCUT2D eigenvalue weighted by atomic mass is 16.3. The Kier molecular flexibility index (Phi) is 1.27. The van der Waals surface area contributed by atoms with Crippen LogP contribution < -0.4 is 5.73 Å². The molecular formula is C8H11NO. The second-order valence-electron chi connectivity index (χ2n) is 2.80. The number of nitrogens with two attached hydrogens (primary N) is 1. The van der Waals surface area contributed by atoms with Gasteiger partial charge in [0, 0.05) is 18.0 Å². The Balaban J connectivity index is 2.41. The Morgan fingerprint density at radius 3 is 3.30 bits per heavy atom. The van der Waals surface area contributed by atoms with Crippen LogP contribution in [0.25, 0.3) is 0 Å². The minimum absolute atomic E-state index is 0.225. The summed E-state index contributed by atoms with van der Waals surface area (Å²) in [6.45, 7) is 0. The molecule has 1 heterocycles. The SMILES string of the molecule is NC1CCCc2occc21. The van der Waals surface area contributed by atoms with Crippen LogP contribution in [0, 0.1) is 0 Å². The molecule has 0 saturated heterocycles. The van der Waals surface area contributed by atoms with Gasteiger partial charge in [0.1, 0.15) is 5.76 Å². The number of furan rings is 1. The summed E-state index contributed by atoms with van der Waals surface area (Å²) in [4.78, 5) is 0. The van der Waals surface area contributed by atoms with Crippen molar-refractivity contribution in [3.05, 3.63) is 23.7 Å². The van der Waals surface area contributed by atoms with Gasteiger partial charge in [-0.3, -0.25) is 0 Å². The number of hydrogen-bond donors (Lipinski definition) is 1. The Bertz CT molecular complexity index is 229. The van der Waals surface area contributed by atoms with Crippen molar-refractivity contribution in [3.63, 3.8) is 0 Å². The summed E-state index contributed by atoms with van der Waals surface area (Å²) >= 11 is 0. The molecule has 1 aromatic heterocycles. The summed E-state index contributed by atoms with van der Waals surface area (Å²) < 4.78 is 5.25. The molecule has 2 heteroatoms. The molecule has 10 heavy (non-hydrogen) atoms. The van der Waals surface area contributed by atoms with Gasteiger partial charge in [0.2, 0.25) is 0 Å². The zero-order valence-corrected chi connectivity index (χ0v) is 5.84. The van der Waals surface area contributed by atoms with E-state index in [9.17, 15) is 0 Å². The van der Waals surface area contributed by atoms with Crippen LogP contribution in [-0.2, 0) is 6.42 Å². The Labute approximate surface area is 60.0 Å². The lowest BCUT2D eigenvalue weighted by atomic mass is 9.94. The monoisotopic (exact) mass is 137 g/mol. The Morgan fingerprint density at radius 1 is 1.60 bits per heavy atom. The van der Waals surface area contributed by atoms with E-state index in [0.29, 0.717) is 0 Å². The van der Waals surface area contributed by atoms with Crippen LogP contribution in [0.15, 0.2) is 16.7 Å². The van der Waals surface area contributed by atoms with Crippen LogP contribution in [0.2, 0.25) is 0 Å². The highest BCUT2D eigenvalue weighted by molar-refractivity contribution is 5.23. The molecule has 1 atom stereocenters. The molecule has 0 radical (unpaired) electrons. The normalized spacial score (nSPS) is 24.3. The zero-order valence-electron chi connectivity index (χ0n) is 5.84. The van der Waals surface area contributed by atoms with Crippen molar-refractivity contribution in [2.45, 2.75) is 25.3 Å². The van der Waals surface area contributed by atoms with E-state index < -0.39 is 0 Å². The van der Waals surface area contributed by atoms with Crippen LogP contribution in [0.5, 0.6) is 0 Å². The van der Waals surface area contributed by atoms with Crippen LogP contribution >= 0.6 is 0 Å². The molecule has 1 aliphatic carbocycles. The predicted octanol–water partition coefficient (Wildman–Crippen LogP) is 1.62. The number of aryl methyl sites for hydroxylation is 1. The van der Waals surface area contributed by atoms with Gasteiger partial charge in [-0.05, 0) is 18.9 Å². The summed E-state index contributed by atoms with van der Waals surface area (Å²) in [5.41, 5.74) is 7.04. The van der Waals surface area contributed by atoms with Gasteiger partial charge in [0.25, 0.3) is 0 Å². The van der Waals surface area contributed by atoms with Gasteiger partial charge in [-0.15, -0.1) is 0 Å². The maximum absolute atomic E-state index is 5.83. The van der Waals surface area contributed by atoms with Gasteiger partial charge < -0.3 is 10.2 Å². The fourth-order valence-electron chi connectivity index (χ4n) is 1.52. The van der Waals surface area contributed by atoms with Crippen molar-refractivity contribution in [1.29, 1.82) is 0 Å². The second-order valence-corrected chi connectivity index (χ2v) is 2.80. The van der Waals surface area contributed by atoms with Crippen molar-refractivity contribution in [1.82, 2.24) is 0 Å². The van der Waals surface area contributed by atoms with Crippen molar-refractivity contribution >= 4 is 0 Å². The molecule has 0 bridgehead atoms. The quantitative estimate of drug-likeness (QED) is 0.590. The molecule has 54 valence electrons. The molecule has 2 nitrogen and oxygen atoms in total. The van der Waals surface area contributed by atoms with Crippen molar-refractivity contribution in [2.75, 3.05) is 0 Å². The fraction of sp³-hybridized carbons (Fsp3) is 0.500. The molecule has 0 amide bonds. The zero-order chi connectivity index (χ0) is 6.97. The van der Waals surface area contributed by atoms with Crippen LogP contribution in [0.4, 0.5) is 0 Å². The molecule has 0 aliphatic heterocycles. The van der Waals surface area contributed by atoms with E-state index in [1.807, 2.05) is 6.07 Å². The molecule has 1 aromatic rings. The lowest BCUT2D eigenvalue weighted by Crippen LogP contribution is -2.15. The van der Waals surface area contributed by atoms with E-state index in [2.05, 4.69) is 0 Å². The largest absolute Gasteiger partial charge is 0.469 e. The van der Waals surface area contributed by atoms with Gasteiger partial charge in [0.15, 0.2) is 0 Å². The molecule has 1 aliphatic rings. The fourth-order valence-corrected chi connectivity index (χ4v) is 1.52. The van der Waals surface area contributed by atoms with Crippen LogP contribution in [0.3, 0.4) is 0 Å². The third-order valence-electron chi connectivity index (χ3n) is 2.10. The molecule has 2 N–H and O–H groups in total. The van der Waals surface area contributed by atoms with E-state index in [0.717, 1.165) is 18.6 Å². The third-order valence-corrected chi connectivity index (χ3v) is 2.10. The second kappa shape index (κ2) is 2.13.